The van der Waals surface area contributed by atoms with Gasteiger partial charge >= 0.3 is 0 Å². The molecule has 0 aliphatic rings. The maximum absolute atomic E-state index is 12.1. The van der Waals surface area contributed by atoms with E-state index in [0.29, 0.717) is 23.1 Å². The molecule has 0 bridgehead atoms. The number of amides is 1. The van der Waals surface area contributed by atoms with Crippen LogP contribution in [0.25, 0.3) is 11.3 Å². The smallest absolute Gasteiger partial charge is 0.289 e. The molecule has 0 fully saturated rings. The minimum absolute atomic E-state index is 0.125. The Labute approximate surface area is 123 Å². The van der Waals surface area contributed by atoms with Crippen LogP contribution >= 0.6 is 11.6 Å². The van der Waals surface area contributed by atoms with Gasteiger partial charge in [-0.15, -0.1) is 0 Å². The largest absolute Gasteiger partial charge is 0.451 e. The number of rotatable bonds is 5. The number of halogens is 1. The summed E-state index contributed by atoms with van der Waals surface area (Å²) in [5.74, 6) is 0.876. The number of nitrogens with zero attached hydrogens (tertiary/aromatic N) is 1. The highest BCUT2D eigenvalue weighted by atomic mass is 35.5. The van der Waals surface area contributed by atoms with Gasteiger partial charge in [-0.2, -0.15) is 0 Å². The highest BCUT2D eigenvalue weighted by Gasteiger charge is 2.16. The molecule has 0 atom stereocenters. The standard InChI is InChI=1S/C15H17ClN2O2/c1-17-9-10-18(2)15(19)14-8-7-13(20-14)11-3-5-12(16)6-4-11/h3-8,17H,9-10H2,1-2H3. The number of nitrogens with one attached hydrogen (secondary N) is 1. The van der Waals surface area contributed by atoms with Crippen molar-refractivity contribution in [1.82, 2.24) is 10.2 Å². The van der Waals surface area contributed by atoms with Crippen LogP contribution in [-0.2, 0) is 0 Å². The van der Waals surface area contributed by atoms with Gasteiger partial charge in [0.1, 0.15) is 5.76 Å². The quantitative estimate of drug-likeness (QED) is 0.922. The van der Waals surface area contributed by atoms with Crippen molar-refractivity contribution in [1.29, 1.82) is 0 Å². The highest BCUT2D eigenvalue weighted by molar-refractivity contribution is 6.30. The zero-order valence-corrected chi connectivity index (χ0v) is 12.3. The van der Waals surface area contributed by atoms with Crippen molar-refractivity contribution in [3.05, 3.63) is 47.2 Å². The lowest BCUT2D eigenvalue weighted by Gasteiger charge is -2.14. The molecule has 0 aliphatic heterocycles. The van der Waals surface area contributed by atoms with Gasteiger partial charge in [-0.05, 0) is 43.4 Å². The lowest BCUT2D eigenvalue weighted by atomic mass is 10.2. The molecule has 1 aromatic carbocycles. The van der Waals surface area contributed by atoms with Crippen LogP contribution in [0.2, 0.25) is 5.02 Å². The van der Waals surface area contributed by atoms with Crippen LogP contribution in [-0.4, -0.2) is 38.0 Å². The predicted octanol–water partition coefficient (Wildman–Crippen LogP) is 2.89. The number of carbonyl (C=O) groups excluding carboxylic acids is 1. The van der Waals surface area contributed by atoms with Crippen LogP contribution in [0.3, 0.4) is 0 Å². The van der Waals surface area contributed by atoms with Crippen molar-refractivity contribution in [2.75, 3.05) is 27.2 Å². The first kappa shape index (κ1) is 14.6. The zero-order valence-electron chi connectivity index (χ0n) is 11.5. The Bertz CT molecular complexity index is 578. The van der Waals surface area contributed by atoms with Crippen molar-refractivity contribution in [2.24, 2.45) is 0 Å². The van der Waals surface area contributed by atoms with Crippen LogP contribution in [0.4, 0.5) is 0 Å². The molecule has 0 aliphatic carbocycles. The predicted molar refractivity (Wildman–Crippen MR) is 80.0 cm³/mol. The van der Waals surface area contributed by atoms with Crippen molar-refractivity contribution in [3.63, 3.8) is 0 Å². The first-order valence-electron chi connectivity index (χ1n) is 6.37. The van der Waals surface area contributed by atoms with Gasteiger partial charge in [0.05, 0.1) is 0 Å². The van der Waals surface area contributed by atoms with E-state index in [9.17, 15) is 4.79 Å². The van der Waals surface area contributed by atoms with Gasteiger partial charge in [0.15, 0.2) is 5.76 Å². The Morgan fingerprint density at radius 3 is 2.60 bits per heavy atom. The van der Waals surface area contributed by atoms with E-state index in [-0.39, 0.29) is 5.91 Å². The Hall–Kier alpha value is -1.78. The van der Waals surface area contributed by atoms with E-state index in [1.165, 1.54) is 0 Å². The molecule has 0 saturated carbocycles. The Morgan fingerprint density at radius 1 is 1.25 bits per heavy atom. The summed E-state index contributed by atoms with van der Waals surface area (Å²) < 4.78 is 5.62. The molecule has 0 unspecified atom stereocenters. The number of hydrogen-bond donors (Lipinski definition) is 1. The highest BCUT2D eigenvalue weighted by Crippen LogP contribution is 2.24. The third-order valence-corrected chi connectivity index (χ3v) is 3.24. The van der Waals surface area contributed by atoms with E-state index in [1.54, 1.807) is 36.2 Å². The molecule has 0 spiro atoms. The Balaban J connectivity index is 2.12. The molecule has 1 N–H and O–H groups in total. The Morgan fingerprint density at radius 2 is 1.95 bits per heavy atom. The summed E-state index contributed by atoms with van der Waals surface area (Å²) in [5.41, 5.74) is 0.895. The van der Waals surface area contributed by atoms with Crippen LogP contribution in [0.5, 0.6) is 0 Å². The molecular weight excluding hydrogens is 276 g/mol. The van der Waals surface area contributed by atoms with Gasteiger partial charge < -0.3 is 14.6 Å². The summed E-state index contributed by atoms with van der Waals surface area (Å²) >= 11 is 5.85. The fraction of sp³-hybridized carbons (Fsp3) is 0.267. The Kier molecular flexibility index (Phi) is 4.82. The SMILES string of the molecule is CNCCN(C)C(=O)c1ccc(-c2ccc(Cl)cc2)o1. The fourth-order valence-electron chi connectivity index (χ4n) is 1.79. The monoisotopic (exact) mass is 292 g/mol. The molecule has 1 amide bonds. The molecule has 2 rings (SSSR count). The van der Waals surface area contributed by atoms with Crippen molar-refractivity contribution >= 4 is 17.5 Å². The summed E-state index contributed by atoms with van der Waals surface area (Å²) in [4.78, 5) is 13.8. The zero-order chi connectivity index (χ0) is 14.5. The first-order valence-corrected chi connectivity index (χ1v) is 6.75. The second kappa shape index (κ2) is 6.59. The van der Waals surface area contributed by atoms with Gasteiger partial charge in [-0.3, -0.25) is 4.79 Å². The van der Waals surface area contributed by atoms with Crippen LogP contribution in [0.15, 0.2) is 40.8 Å². The summed E-state index contributed by atoms with van der Waals surface area (Å²) in [6.07, 6.45) is 0. The van der Waals surface area contributed by atoms with Gasteiger partial charge in [-0.1, -0.05) is 11.6 Å². The summed E-state index contributed by atoms with van der Waals surface area (Å²) in [6, 6.07) is 10.8. The molecular formula is C15H17ClN2O2. The number of carbonyl (C=O) groups is 1. The summed E-state index contributed by atoms with van der Waals surface area (Å²) in [5, 5.41) is 3.67. The van der Waals surface area contributed by atoms with Crippen LogP contribution in [0, 0.1) is 0 Å². The fourth-order valence-corrected chi connectivity index (χ4v) is 1.92. The van der Waals surface area contributed by atoms with Crippen molar-refractivity contribution in [2.45, 2.75) is 0 Å². The minimum atomic E-state index is -0.125. The van der Waals surface area contributed by atoms with Crippen LogP contribution < -0.4 is 5.32 Å². The molecule has 20 heavy (non-hydrogen) atoms. The number of hydrogen-bond acceptors (Lipinski definition) is 3. The maximum atomic E-state index is 12.1. The molecule has 106 valence electrons. The lowest BCUT2D eigenvalue weighted by Crippen LogP contribution is -2.32. The van der Waals surface area contributed by atoms with E-state index in [4.69, 9.17) is 16.0 Å². The first-order chi connectivity index (χ1) is 9.61. The molecule has 5 heteroatoms. The maximum Gasteiger partial charge on any atom is 0.289 e. The van der Waals surface area contributed by atoms with Gasteiger partial charge in [-0.25, -0.2) is 0 Å². The van der Waals surface area contributed by atoms with Gasteiger partial charge in [0, 0.05) is 30.7 Å². The average molecular weight is 293 g/mol. The third-order valence-electron chi connectivity index (χ3n) is 2.99. The number of furan rings is 1. The minimum Gasteiger partial charge on any atom is -0.451 e. The van der Waals surface area contributed by atoms with E-state index in [1.807, 2.05) is 19.2 Å². The van der Waals surface area contributed by atoms with E-state index < -0.39 is 0 Å². The van der Waals surface area contributed by atoms with E-state index in [0.717, 1.165) is 12.1 Å². The lowest BCUT2D eigenvalue weighted by molar-refractivity contribution is 0.0766. The molecule has 2 aromatic rings. The summed E-state index contributed by atoms with van der Waals surface area (Å²) in [6.45, 7) is 1.37. The third kappa shape index (κ3) is 3.40. The second-order valence-corrected chi connectivity index (χ2v) is 4.94. The normalized spacial score (nSPS) is 10.6. The number of benzene rings is 1. The molecule has 0 saturated heterocycles. The molecule has 0 radical (unpaired) electrons. The number of likely N-dealkylation sites (N-methyl/N-ethyl adjacent to an activating group) is 2. The molecule has 4 nitrogen and oxygen atoms in total. The average Bonchev–Trinajstić information content (AvgIpc) is 2.94. The molecule has 1 heterocycles. The van der Waals surface area contributed by atoms with Crippen molar-refractivity contribution in [3.8, 4) is 11.3 Å². The molecule has 1 aromatic heterocycles. The van der Waals surface area contributed by atoms with Gasteiger partial charge in [0.2, 0.25) is 0 Å². The second-order valence-electron chi connectivity index (χ2n) is 4.50. The van der Waals surface area contributed by atoms with E-state index >= 15 is 0 Å². The van der Waals surface area contributed by atoms with E-state index in [2.05, 4.69) is 5.32 Å². The summed E-state index contributed by atoms with van der Waals surface area (Å²) in [7, 11) is 3.61. The van der Waals surface area contributed by atoms with Crippen molar-refractivity contribution < 1.29 is 9.21 Å². The van der Waals surface area contributed by atoms with Gasteiger partial charge in [0.25, 0.3) is 5.91 Å². The van der Waals surface area contributed by atoms with Crippen LogP contribution in [0.1, 0.15) is 10.6 Å². The topological polar surface area (TPSA) is 45.5 Å².